The van der Waals surface area contributed by atoms with E-state index in [9.17, 15) is 0 Å². The summed E-state index contributed by atoms with van der Waals surface area (Å²) in [7, 11) is 0. The van der Waals surface area contributed by atoms with Gasteiger partial charge in [0.1, 0.15) is 0 Å². The third-order valence-corrected chi connectivity index (χ3v) is 4.10. The van der Waals surface area contributed by atoms with Crippen molar-refractivity contribution in [2.75, 3.05) is 13.1 Å². The molecular weight excluding hydrogens is 260 g/mol. The number of likely N-dealkylation sites (tertiary alicyclic amines) is 1. The Kier molecular flexibility index (Phi) is 3.16. The van der Waals surface area contributed by atoms with Crippen LogP contribution in [0.5, 0.6) is 0 Å². The van der Waals surface area contributed by atoms with Gasteiger partial charge in [-0.2, -0.15) is 5.10 Å². The van der Waals surface area contributed by atoms with Crippen molar-refractivity contribution in [3.63, 3.8) is 0 Å². The zero-order valence-corrected chi connectivity index (χ0v) is 11.9. The van der Waals surface area contributed by atoms with Gasteiger partial charge in [0.05, 0.1) is 6.20 Å². The minimum absolute atomic E-state index is 0.923. The largest absolute Gasteiger partial charge is 0.299 e. The SMILES string of the molecule is c1ccc(-c2cnn3cc(CN4CCCC4)cnc23)cc1. The topological polar surface area (TPSA) is 33.4 Å². The van der Waals surface area contributed by atoms with Crippen LogP contribution in [0.15, 0.2) is 48.9 Å². The van der Waals surface area contributed by atoms with Crippen molar-refractivity contribution in [3.8, 4) is 11.1 Å². The number of aromatic nitrogens is 3. The van der Waals surface area contributed by atoms with Crippen LogP contribution in [0.1, 0.15) is 18.4 Å². The summed E-state index contributed by atoms with van der Waals surface area (Å²) in [5.74, 6) is 0. The van der Waals surface area contributed by atoms with Gasteiger partial charge in [0.25, 0.3) is 0 Å². The van der Waals surface area contributed by atoms with Crippen LogP contribution in [-0.4, -0.2) is 32.6 Å². The first-order valence-corrected chi connectivity index (χ1v) is 7.50. The maximum atomic E-state index is 4.63. The second-order valence-corrected chi connectivity index (χ2v) is 5.64. The highest BCUT2D eigenvalue weighted by atomic mass is 15.2. The van der Waals surface area contributed by atoms with Gasteiger partial charge in [-0.3, -0.25) is 4.90 Å². The van der Waals surface area contributed by atoms with Crippen LogP contribution in [0.4, 0.5) is 0 Å². The molecule has 1 aromatic carbocycles. The van der Waals surface area contributed by atoms with Crippen LogP contribution in [-0.2, 0) is 6.54 Å². The van der Waals surface area contributed by atoms with Gasteiger partial charge >= 0.3 is 0 Å². The van der Waals surface area contributed by atoms with Gasteiger partial charge in [-0.25, -0.2) is 9.50 Å². The minimum atomic E-state index is 0.923. The molecule has 4 nitrogen and oxygen atoms in total. The molecule has 3 aromatic rings. The monoisotopic (exact) mass is 278 g/mol. The quantitative estimate of drug-likeness (QED) is 0.738. The van der Waals surface area contributed by atoms with Gasteiger partial charge in [-0.1, -0.05) is 30.3 Å². The summed E-state index contributed by atoms with van der Waals surface area (Å²) in [5.41, 5.74) is 4.40. The van der Waals surface area contributed by atoms with E-state index in [2.05, 4.69) is 33.3 Å². The molecule has 0 unspecified atom stereocenters. The van der Waals surface area contributed by atoms with Crippen molar-refractivity contribution in [3.05, 3.63) is 54.5 Å². The van der Waals surface area contributed by atoms with E-state index in [1.165, 1.54) is 31.5 Å². The molecule has 4 rings (SSSR count). The summed E-state index contributed by atoms with van der Waals surface area (Å²) >= 11 is 0. The van der Waals surface area contributed by atoms with Crippen LogP contribution >= 0.6 is 0 Å². The fourth-order valence-corrected chi connectivity index (χ4v) is 3.02. The van der Waals surface area contributed by atoms with Crippen LogP contribution in [0.25, 0.3) is 16.8 Å². The lowest BCUT2D eigenvalue weighted by molar-refractivity contribution is 0.330. The Morgan fingerprint density at radius 1 is 1.00 bits per heavy atom. The predicted octanol–water partition coefficient (Wildman–Crippen LogP) is 2.99. The van der Waals surface area contributed by atoms with Gasteiger partial charge in [0.15, 0.2) is 5.65 Å². The average Bonchev–Trinajstić information content (AvgIpc) is 3.17. The zero-order valence-electron chi connectivity index (χ0n) is 11.9. The Morgan fingerprint density at radius 2 is 1.81 bits per heavy atom. The highest BCUT2D eigenvalue weighted by molar-refractivity contribution is 5.76. The van der Waals surface area contributed by atoms with Gasteiger partial charge < -0.3 is 0 Å². The predicted molar refractivity (Wildman–Crippen MR) is 82.9 cm³/mol. The number of rotatable bonds is 3. The smallest absolute Gasteiger partial charge is 0.162 e. The van der Waals surface area contributed by atoms with Gasteiger partial charge in [-0.05, 0) is 31.5 Å². The van der Waals surface area contributed by atoms with E-state index in [-0.39, 0.29) is 0 Å². The lowest BCUT2D eigenvalue weighted by Gasteiger charge is -2.14. The van der Waals surface area contributed by atoms with Crippen molar-refractivity contribution in [1.29, 1.82) is 0 Å². The lowest BCUT2D eigenvalue weighted by Crippen LogP contribution is -2.18. The maximum Gasteiger partial charge on any atom is 0.162 e. The van der Waals surface area contributed by atoms with Crippen LogP contribution in [0, 0.1) is 0 Å². The van der Waals surface area contributed by atoms with E-state index in [4.69, 9.17) is 0 Å². The van der Waals surface area contributed by atoms with E-state index < -0.39 is 0 Å². The molecule has 0 spiro atoms. The molecule has 1 aliphatic rings. The van der Waals surface area contributed by atoms with Crippen molar-refractivity contribution < 1.29 is 0 Å². The Morgan fingerprint density at radius 3 is 2.62 bits per heavy atom. The molecule has 1 saturated heterocycles. The van der Waals surface area contributed by atoms with E-state index >= 15 is 0 Å². The fraction of sp³-hybridized carbons (Fsp3) is 0.294. The summed E-state index contributed by atoms with van der Waals surface area (Å²) in [4.78, 5) is 7.11. The molecule has 0 bridgehead atoms. The van der Waals surface area contributed by atoms with Gasteiger partial charge in [0, 0.05) is 30.1 Å². The molecule has 106 valence electrons. The third kappa shape index (κ3) is 2.43. The molecule has 4 heteroatoms. The molecule has 1 aliphatic heterocycles. The van der Waals surface area contributed by atoms with Gasteiger partial charge in [-0.15, -0.1) is 0 Å². The Bertz CT molecular complexity index is 742. The van der Waals surface area contributed by atoms with E-state index in [0.717, 1.165) is 23.3 Å². The van der Waals surface area contributed by atoms with Crippen molar-refractivity contribution in [2.24, 2.45) is 0 Å². The Hall–Kier alpha value is -2.20. The second kappa shape index (κ2) is 5.30. The summed E-state index contributed by atoms with van der Waals surface area (Å²) in [6.07, 6.45) is 8.62. The summed E-state index contributed by atoms with van der Waals surface area (Å²) in [6, 6.07) is 10.3. The minimum Gasteiger partial charge on any atom is -0.299 e. The summed E-state index contributed by atoms with van der Waals surface area (Å²) in [5, 5.41) is 4.47. The highest BCUT2D eigenvalue weighted by Crippen LogP contribution is 2.23. The number of fused-ring (bicyclic) bond motifs is 1. The van der Waals surface area contributed by atoms with Gasteiger partial charge in [0.2, 0.25) is 0 Å². The number of benzene rings is 1. The molecule has 0 atom stereocenters. The first-order chi connectivity index (χ1) is 10.4. The molecule has 0 N–H and O–H groups in total. The number of nitrogens with zero attached hydrogens (tertiary/aromatic N) is 4. The Labute approximate surface area is 124 Å². The maximum absolute atomic E-state index is 4.63. The number of hydrogen-bond donors (Lipinski definition) is 0. The molecule has 21 heavy (non-hydrogen) atoms. The lowest BCUT2D eigenvalue weighted by atomic mass is 10.1. The van der Waals surface area contributed by atoms with Crippen LogP contribution in [0.3, 0.4) is 0 Å². The molecule has 0 saturated carbocycles. The van der Waals surface area contributed by atoms with E-state index in [1.807, 2.05) is 35.1 Å². The van der Waals surface area contributed by atoms with E-state index in [1.54, 1.807) is 0 Å². The molecule has 0 aliphatic carbocycles. The molecule has 2 aromatic heterocycles. The third-order valence-electron chi connectivity index (χ3n) is 4.10. The average molecular weight is 278 g/mol. The first-order valence-electron chi connectivity index (χ1n) is 7.50. The zero-order chi connectivity index (χ0) is 14.1. The molecule has 0 radical (unpaired) electrons. The van der Waals surface area contributed by atoms with Crippen molar-refractivity contribution in [1.82, 2.24) is 19.5 Å². The first kappa shape index (κ1) is 12.5. The molecule has 3 heterocycles. The molecular formula is C17H18N4. The highest BCUT2D eigenvalue weighted by Gasteiger charge is 2.13. The van der Waals surface area contributed by atoms with E-state index in [0.29, 0.717) is 0 Å². The fourth-order valence-electron chi connectivity index (χ4n) is 3.02. The normalized spacial score (nSPS) is 15.8. The number of hydrogen-bond acceptors (Lipinski definition) is 3. The molecule has 1 fully saturated rings. The molecule has 0 amide bonds. The Balaban J connectivity index is 1.67. The standard InChI is InChI=1S/C17H18N4/c1-2-6-15(7-3-1)16-11-19-21-13-14(10-18-17(16)21)12-20-8-4-5-9-20/h1-3,6-7,10-11,13H,4-5,8-9,12H2. The second-order valence-electron chi connectivity index (χ2n) is 5.64. The van der Waals surface area contributed by atoms with Crippen molar-refractivity contribution in [2.45, 2.75) is 19.4 Å². The van der Waals surface area contributed by atoms with Crippen LogP contribution < -0.4 is 0 Å². The van der Waals surface area contributed by atoms with Crippen LogP contribution in [0.2, 0.25) is 0 Å². The van der Waals surface area contributed by atoms with Crippen molar-refractivity contribution >= 4 is 5.65 Å². The summed E-state index contributed by atoms with van der Waals surface area (Å²) in [6.45, 7) is 3.38. The summed E-state index contributed by atoms with van der Waals surface area (Å²) < 4.78 is 1.90.